The van der Waals surface area contributed by atoms with E-state index in [9.17, 15) is 9.59 Å². The van der Waals surface area contributed by atoms with Crippen molar-refractivity contribution < 1.29 is 9.53 Å². The lowest BCUT2D eigenvalue weighted by molar-refractivity contribution is 0.0606. The number of thioether (sulfide) groups is 1. The van der Waals surface area contributed by atoms with Crippen LogP contribution in [-0.2, 0) is 11.2 Å². The van der Waals surface area contributed by atoms with E-state index in [0.29, 0.717) is 10.0 Å². The van der Waals surface area contributed by atoms with E-state index in [-0.39, 0.29) is 11.5 Å². The number of thiophene rings is 3. The molecule has 9 heteroatoms. The smallest absolute Gasteiger partial charge is 0.348 e. The van der Waals surface area contributed by atoms with Crippen LogP contribution in [0.15, 0.2) is 57.8 Å². The second-order valence-electron chi connectivity index (χ2n) is 6.99. The summed E-state index contributed by atoms with van der Waals surface area (Å²) in [7, 11) is 1.40. The summed E-state index contributed by atoms with van der Waals surface area (Å²) in [5.74, 6) is 0.626. The Kier molecular flexibility index (Phi) is 7.96. The summed E-state index contributed by atoms with van der Waals surface area (Å²) in [6.07, 6.45) is 4.14. The van der Waals surface area contributed by atoms with Crippen molar-refractivity contribution in [2.45, 2.75) is 30.8 Å². The zero-order valence-electron chi connectivity index (χ0n) is 17.5. The number of H-pyrrole nitrogens is 1. The van der Waals surface area contributed by atoms with Crippen LogP contribution in [0.25, 0.3) is 20.3 Å². The molecule has 0 bridgehead atoms. The molecule has 4 heterocycles. The number of unbranched alkanes of at least 4 members (excludes halogenated alkanes) is 2. The standard InChI is InChI=1S/C23H22N2O3S4/c1-28-22(27)20-9-8-15(31-20)6-3-2-4-12-30-23-24-16(14-21(26)25-23)17-10-11-19(32-17)18-7-5-13-29-18/h5,7-11,13-14H,2-4,6,12H2,1H3,(H,24,25,26). The number of ether oxygens (including phenoxy) is 1. The first-order chi connectivity index (χ1) is 15.6. The number of esters is 1. The predicted octanol–water partition coefficient (Wildman–Crippen LogP) is 6.58. The number of rotatable bonds is 10. The number of aromatic nitrogens is 2. The lowest BCUT2D eigenvalue weighted by Gasteiger charge is -2.03. The number of carbonyl (C=O) groups is 1. The Bertz CT molecular complexity index is 1220. The van der Waals surface area contributed by atoms with Crippen LogP contribution in [0.2, 0.25) is 0 Å². The van der Waals surface area contributed by atoms with Gasteiger partial charge in [0.05, 0.1) is 17.7 Å². The largest absolute Gasteiger partial charge is 0.465 e. The van der Waals surface area contributed by atoms with Crippen LogP contribution in [0.3, 0.4) is 0 Å². The van der Waals surface area contributed by atoms with Crippen LogP contribution in [-0.4, -0.2) is 28.8 Å². The van der Waals surface area contributed by atoms with Crippen molar-refractivity contribution in [2.75, 3.05) is 12.9 Å². The monoisotopic (exact) mass is 502 g/mol. The highest BCUT2D eigenvalue weighted by Gasteiger charge is 2.10. The predicted molar refractivity (Wildman–Crippen MR) is 135 cm³/mol. The van der Waals surface area contributed by atoms with Crippen LogP contribution in [0.1, 0.15) is 33.8 Å². The Morgan fingerprint density at radius 2 is 1.94 bits per heavy atom. The highest BCUT2D eigenvalue weighted by Crippen LogP contribution is 2.35. The molecule has 166 valence electrons. The fourth-order valence-electron chi connectivity index (χ4n) is 3.13. The van der Waals surface area contributed by atoms with E-state index >= 15 is 0 Å². The van der Waals surface area contributed by atoms with Gasteiger partial charge in [0.25, 0.3) is 5.56 Å². The number of nitrogens with zero attached hydrogens (tertiary/aromatic N) is 1. The minimum atomic E-state index is -0.272. The molecule has 0 spiro atoms. The number of aromatic amines is 1. The molecule has 4 aromatic heterocycles. The number of hydrogen-bond acceptors (Lipinski definition) is 8. The van der Waals surface area contributed by atoms with Crippen molar-refractivity contribution in [2.24, 2.45) is 0 Å². The highest BCUT2D eigenvalue weighted by molar-refractivity contribution is 7.99. The van der Waals surface area contributed by atoms with Crippen LogP contribution >= 0.6 is 45.8 Å². The number of methoxy groups -OCH3 is 1. The molecule has 0 unspecified atom stereocenters. The Morgan fingerprint density at radius 1 is 1.06 bits per heavy atom. The molecule has 0 aliphatic heterocycles. The van der Waals surface area contributed by atoms with E-state index in [4.69, 9.17) is 4.74 Å². The summed E-state index contributed by atoms with van der Waals surface area (Å²) >= 11 is 6.45. The molecular weight excluding hydrogens is 481 g/mol. The van der Waals surface area contributed by atoms with Gasteiger partial charge in [-0.3, -0.25) is 4.79 Å². The van der Waals surface area contributed by atoms with Crippen LogP contribution in [0.5, 0.6) is 0 Å². The Hall–Kier alpha value is -2.20. The third kappa shape index (κ3) is 5.98. The molecule has 4 rings (SSSR count). The van der Waals surface area contributed by atoms with Gasteiger partial charge in [0.2, 0.25) is 0 Å². The number of hydrogen-bond donors (Lipinski definition) is 1. The second-order valence-corrected chi connectivity index (χ2v) is 11.3. The maximum atomic E-state index is 12.1. The Labute approximate surface area is 202 Å². The van der Waals surface area contributed by atoms with Gasteiger partial charge in [0, 0.05) is 26.5 Å². The summed E-state index contributed by atoms with van der Waals surface area (Å²) in [5.41, 5.74) is 0.603. The lowest BCUT2D eigenvalue weighted by Crippen LogP contribution is -2.07. The van der Waals surface area contributed by atoms with Gasteiger partial charge in [-0.25, -0.2) is 9.78 Å². The highest BCUT2D eigenvalue weighted by atomic mass is 32.2. The number of aryl methyl sites for hydroxylation is 1. The molecule has 5 nitrogen and oxygen atoms in total. The molecule has 0 atom stereocenters. The molecule has 0 fully saturated rings. The van der Waals surface area contributed by atoms with Gasteiger partial charge in [0.15, 0.2) is 5.16 Å². The molecule has 1 N–H and O–H groups in total. The minimum absolute atomic E-state index is 0.123. The fraction of sp³-hybridized carbons (Fsp3) is 0.261. The maximum Gasteiger partial charge on any atom is 0.348 e. The molecule has 4 aromatic rings. The van der Waals surface area contributed by atoms with E-state index in [1.807, 2.05) is 24.3 Å². The topological polar surface area (TPSA) is 72.0 Å². The maximum absolute atomic E-state index is 12.1. The molecule has 0 aliphatic rings. The first-order valence-electron chi connectivity index (χ1n) is 10.2. The molecule has 0 aromatic carbocycles. The second kappa shape index (κ2) is 11.1. The molecule has 0 aliphatic carbocycles. The molecule has 0 amide bonds. The molecule has 0 radical (unpaired) electrons. The Morgan fingerprint density at radius 3 is 2.75 bits per heavy atom. The Balaban J connectivity index is 1.26. The summed E-state index contributed by atoms with van der Waals surface area (Å²) in [4.78, 5) is 36.5. The van der Waals surface area contributed by atoms with Crippen molar-refractivity contribution in [3.8, 4) is 20.3 Å². The van der Waals surface area contributed by atoms with E-state index in [0.717, 1.165) is 42.0 Å². The van der Waals surface area contributed by atoms with Gasteiger partial charge in [-0.1, -0.05) is 24.2 Å². The first kappa shape index (κ1) is 23.0. The fourth-order valence-corrected chi connectivity index (χ4v) is 6.77. The summed E-state index contributed by atoms with van der Waals surface area (Å²) in [5, 5.41) is 2.73. The van der Waals surface area contributed by atoms with Crippen molar-refractivity contribution in [3.63, 3.8) is 0 Å². The van der Waals surface area contributed by atoms with Gasteiger partial charge in [0.1, 0.15) is 4.88 Å². The van der Waals surface area contributed by atoms with E-state index in [1.165, 1.54) is 33.1 Å². The summed E-state index contributed by atoms with van der Waals surface area (Å²) in [6, 6.07) is 13.7. The van der Waals surface area contributed by atoms with Gasteiger partial charge < -0.3 is 9.72 Å². The van der Waals surface area contributed by atoms with E-state index < -0.39 is 0 Å². The molecule has 32 heavy (non-hydrogen) atoms. The third-order valence-electron chi connectivity index (χ3n) is 4.70. The summed E-state index contributed by atoms with van der Waals surface area (Å²) in [6.45, 7) is 0. The average Bonchev–Trinajstić information content (AvgIpc) is 3.56. The SMILES string of the molecule is COC(=O)c1ccc(CCCCCSc2nc(-c3ccc(-c4cccs4)s3)cc(=O)[nH]2)s1. The zero-order valence-corrected chi connectivity index (χ0v) is 20.7. The van der Waals surface area contributed by atoms with E-state index in [1.54, 1.807) is 40.5 Å². The van der Waals surface area contributed by atoms with E-state index in [2.05, 4.69) is 27.5 Å². The van der Waals surface area contributed by atoms with Crippen molar-refractivity contribution in [3.05, 3.63) is 68.0 Å². The van der Waals surface area contributed by atoms with Crippen LogP contribution < -0.4 is 5.56 Å². The normalized spacial score (nSPS) is 11.0. The zero-order chi connectivity index (χ0) is 22.3. The van der Waals surface area contributed by atoms with Gasteiger partial charge in [-0.15, -0.1) is 34.0 Å². The van der Waals surface area contributed by atoms with Crippen molar-refractivity contribution in [1.82, 2.24) is 9.97 Å². The van der Waals surface area contributed by atoms with Crippen LogP contribution in [0, 0.1) is 0 Å². The number of carbonyl (C=O) groups excluding carboxylic acids is 1. The third-order valence-corrected chi connectivity index (χ3v) is 8.95. The van der Waals surface area contributed by atoms with Gasteiger partial charge in [-0.2, -0.15) is 0 Å². The minimum Gasteiger partial charge on any atom is -0.465 e. The average molecular weight is 503 g/mol. The number of nitrogens with one attached hydrogen (secondary N) is 1. The van der Waals surface area contributed by atoms with Crippen molar-refractivity contribution >= 4 is 51.7 Å². The summed E-state index contributed by atoms with van der Waals surface area (Å²) < 4.78 is 4.75. The molecular formula is C23H22N2O3S4. The van der Waals surface area contributed by atoms with Crippen molar-refractivity contribution in [1.29, 1.82) is 0 Å². The molecule has 0 saturated carbocycles. The van der Waals surface area contributed by atoms with Crippen LogP contribution in [0.4, 0.5) is 0 Å². The lowest BCUT2D eigenvalue weighted by atomic mass is 10.2. The first-order valence-corrected chi connectivity index (χ1v) is 13.7. The molecule has 0 saturated heterocycles. The quantitative estimate of drug-likeness (QED) is 0.115. The van der Waals surface area contributed by atoms with Gasteiger partial charge >= 0.3 is 5.97 Å². The van der Waals surface area contributed by atoms with Gasteiger partial charge in [-0.05, 0) is 55.0 Å².